The molecular weight excluding hydrogens is 641 g/mol. The van der Waals surface area contributed by atoms with Crippen molar-refractivity contribution in [3.8, 4) is 5.75 Å². The van der Waals surface area contributed by atoms with E-state index in [1.807, 2.05) is 58.0 Å². The van der Waals surface area contributed by atoms with Gasteiger partial charge in [-0.05, 0) is 79.6 Å². The smallest absolute Gasteiger partial charge is 0.389 e. The van der Waals surface area contributed by atoms with Gasteiger partial charge in [0.05, 0.1) is 12.1 Å². The molecular formula is C36H43F3N4O4S. The van der Waals surface area contributed by atoms with Crippen molar-refractivity contribution in [3.63, 3.8) is 0 Å². The Bertz CT molecular complexity index is 1920. The van der Waals surface area contributed by atoms with Crippen molar-refractivity contribution in [2.45, 2.75) is 103 Å². The fraction of sp³-hybridized carbons (Fsp3) is 0.472. The van der Waals surface area contributed by atoms with E-state index in [9.17, 15) is 26.4 Å². The summed E-state index contributed by atoms with van der Waals surface area (Å²) in [6.07, 6.45) is -5.64. The summed E-state index contributed by atoms with van der Waals surface area (Å²) in [6.45, 7) is 12.2. The van der Waals surface area contributed by atoms with E-state index in [-0.39, 0.29) is 42.7 Å². The van der Waals surface area contributed by atoms with E-state index >= 15 is 0 Å². The maximum Gasteiger partial charge on any atom is 0.389 e. The molecule has 1 aliphatic heterocycles. The Balaban J connectivity index is 1.60. The molecule has 12 heteroatoms. The van der Waals surface area contributed by atoms with Crippen molar-refractivity contribution in [1.29, 1.82) is 0 Å². The number of carbonyl (C=O) groups is 1. The number of ether oxygens (including phenoxy) is 1. The second-order valence-corrected chi connectivity index (χ2v) is 15.1. The number of sulfonamides is 1. The van der Waals surface area contributed by atoms with E-state index in [2.05, 4.69) is 10.3 Å². The van der Waals surface area contributed by atoms with Crippen LogP contribution in [-0.4, -0.2) is 52.3 Å². The fourth-order valence-corrected chi connectivity index (χ4v) is 8.25. The van der Waals surface area contributed by atoms with Gasteiger partial charge < -0.3 is 4.74 Å². The van der Waals surface area contributed by atoms with Crippen LogP contribution in [0.5, 0.6) is 5.75 Å². The van der Waals surface area contributed by atoms with Crippen LogP contribution in [0.2, 0.25) is 0 Å². The van der Waals surface area contributed by atoms with Crippen molar-refractivity contribution >= 4 is 26.8 Å². The Morgan fingerprint density at radius 2 is 1.79 bits per heavy atom. The third kappa shape index (κ3) is 7.01. The van der Waals surface area contributed by atoms with Gasteiger partial charge >= 0.3 is 6.18 Å². The van der Waals surface area contributed by atoms with Gasteiger partial charge in [0.2, 0.25) is 10.0 Å². The second-order valence-electron chi connectivity index (χ2n) is 13.2. The van der Waals surface area contributed by atoms with Gasteiger partial charge in [-0.15, -0.1) is 5.10 Å². The quantitative estimate of drug-likeness (QED) is 0.160. The summed E-state index contributed by atoms with van der Waals surface area (Å²) in [4.78, 5) is 14.0. The summed E-state index contributed by atoms with van der Waals surface area (Å²) in [5.41, 5.74) is 4.42. The molecule has 4 aromatic rings. The first-order valence-corrected chi connectivity index (χ1v) is 17.8. The number of nitrogens with zero attached hydrogens (tertiary/aromatic N) is 4. The first-order valence-electron chi connectivity index (χ1n) is 16.4. The lowest BCUT2D eigenvalue weighted by molar-refractivity contribution is -0.138. The van der Waals surface area contributed by atoms with Gasteiger partial charge in [0, 0.05) is 37.3 Å². The molecule has 1 aromatic heterocycles. The van der Waals surface area contributed by atoms with Gasteiger partial charge in [-0.1, -0.05) is 62.4 Å². The molecule has 0 radical (unpaired) electrons. The Morgan fingerprint density at radius 3 is 2.48 bits per heavy atom. The molecule has 8 nitrogen and oxygen atoms in total. The number of ketones is 1. The first-order chi connectivity index (χ1) is 22.6. The molecule has 0 N–H and O–H groups in total. The molecule has 1 aliphatic rings. The highest BCUT2D eigenvalue weighted by molar-refractivity contribution is 7.89. The number of Topliss-reactive ketones (excluding diaryl/α,β-unsaturated/α-hetero) is 1. The van der Waals surface area contributed by atoms with E-state index in [0.717, 1.165) is 33.3 Å². The average Bonchev–Trinajstić information content (AvgIpc) is 3.42. The van der Waals surface area contributed by atoms with Gasteiger partial charge in [0.25, 0.3) is 0 Å². The Kier molecular flexibility index (Phi) is 10.1. The Morgan fingerprint density at radius 1 is 1.06 bits per heavy atom. The molecule has 2 atom stereocenters. The van der Waals surface area contributed by atoms with Gasteiger partial charge in [-0.25, -0.2) is 13.1 Å². The minimum atomic E-state index is -4.35. The number of halogens is 3. The third-order valence-electron chi connectivity index (χ3n) is 9.57. The number of hydrogen-bond donors (Lipinski definition) is 0. The van der Waals surface area contributed by atoms with Crippen molar-refractivity contribution in [1.82, 2.24) is 19.3 Å². The summed E-state index contributed by atoms with van der Waals surface area (Å²) < 4.78 is 76.3. The van der Waals surface area contributed by atoms with Crippen LogP contribution in [-0.2, 0) is 27.9 Å². The lowest BCUT2D eigenvalue weighted by Gasteiger charge is -2.36. The van der Waals surface area contributed by atoms with Gasteiger partial charge in [0.1, 0.15) is 28.0 Å². The van der Waals surface area contributed by atoms with E-state index in [1.54, 1.807) is 42.8 Å². The molecule has 0 unspecified atom stereocenters. The van der Waals surface area contributed by atoms with E-state index in [1.165, 1.54) is 4.31 Å². The first kappa shape index (κ1) is 35.5. The summed E-state index contributed by atoms with van der Waals surface area (Å²) in [6, 6.07) is 16.3. The lowest BCUT2D eigenvalue weighted by Crippen LogP contribution is -2.36. The molecule has 48 heavy (non-hydrogen) atoms. The van der Waals surface area contributed by atoms with Gasteiger partial charge in [0.15, 0.2) is 0 Å². The molecule has 258 valence electrons. The third-order valence-corrected chi connectivity index (χ3v) is 11.4. The molecule has 0 saturated carbocycles. The molecule has 0 amide bonds. The van der Waals surface area contributed by atoms with Crippen LogP contribution in [0.25, 0.3) is 11.0 Å². The van der Waals surface area contributed by atoms with E-state index in [0.29, 0.717) is 24.2 Å². The summed E-state index contributed by atoms with van der Waals surface area (Å²) in [5.74, 6) is -0.529. The molecule has 0 spiro atoms. The number of rotatable bonds is 11. The van der Waals surface area contributed by atoms with Crippen LogP contribution in [0.1, 0.15) is 87.1 Å². The highest BCUT2D eigenvalue weighted by atomic mass is 32.2. The number of aromatic nitrogens is 3. The van der Waals surface area contributed by atoms with Gasteiger partial charge in [-0.2, -0.15) is 17.5 Å². The van der Waals surface area contributed by atoms with Crippen LogP contribution < -0.4 is 4.74 Å². The average molecular weight is 685 g/mol. The van der Waals surface area contributed by atoms with Crippen LogP contribution in [0.15, 0.2) is 59.5 Å². The number of para-hydroxylation sites is 1. The number of benzene rings is 3. The van der Waals surface area contributed by atoms with Crippen LogP contribution in [0.3, 0.4) is 0 Å². The Hall–Kier alpha value is -3.77. The topological polar surface area (TPSA) is 94.4 Å². The van der Waals surface area contributed by atoms with Crippen molar-refractivity contribution in [3.05, 3.63) is 82.4 Å². The molecule has 0 bridgehead atoms. The van der Waals surface area contributed by atoms with Crippen LogP contribution in [0.4, 0.5) is 13.2 Å². The maximum absolute atomic E-state index is 14.0. The van der Waals surface area contributed by atoms with Crippen molar-refractivity contribution in [2.75, 3.05) is 6.54 Å². The number of fused-ring (bicyclic) bond motifs is 2. The standard InChI is InChI=1S/C36H43F3N4O4S/c1-7-27-22-42(48(45,46)31-13-10-9-12-30(31)47-27)21-26-20-25(16-15-23(26)3)33(35(5,6)32(44)14-11-19-36(37,38)39)28-17-18-29-34(24(28)4)40-41-43(29)8-2/h9-10,12-13,15-18,20,27,33H,7-8,11,14,19,21-22H2,1-6H3/t27-,33+/m1/s1. The minimum Gasteiger partial charge on any atom is -0.488 e. The molecule has 0 saturated heterocycles. The maximum atomic E-state index is 14.0. The highest BCUT2D eigenvalue weighted by Crippen LogP contribution is 2.45. The zero-order valence-corrected chi connectivity index (χ0v) is 29.1. The predicted octanol–water partition coefficient (Wildman–Crippen LogP) is 7.89. The number of aryl methyl sites for hydroxylation is 3. The van der Waals surface area contributed by atoms with Crippen molar-refractivity contribution < 1.29 is 31.1 Å². The predicted molar refractivity (Wildman–Crippen MR) is 178 cm³/mol. The normalized spacial score (nSPS) is 17.5. The second kappa shape index (κ2) is 13.6. The molecule has 0 fully saturated rings. The number of carbonyl (C=O) groups excluding carboxylic acids is 1. The monoisotopic (exact) mass is 684 g/mol. The van der Waals surface area contributed by atoms with Crippen LogP contribution >= 0.6 is 0 Å². The molecule has 3 aromatic carbocycles. The van der Waals surface area contributed by atoms with E-state index in [4.69, 9.17) is 4.74 Å². The van der Waals surface area contributed by atoms with Crippen molar-refractivity contribution in [2.24, 2.45) is 5.41 Å². The number of hydrogen-bond acceptors (Lipinski definition) is 6. The molecule has 2 heterocycles. The lowest BCUT2D eigenvalue weighted by atomic mass is 9.66. The molecule has 5 rings (SSSR count). The highest BCUT2D eigenvalue weighted by Gasteiger charge is 2.41. The largest absolute Gasteiger partial charge is 0.488 e. The SMILES string of the molecule is CC[C@@H]1CN(Cc2cc([C@@H](c3ccc4c(nnn4CC)c3C)C(C)(C)C(=O)CCCC(F)(F)F)ccc2C)S(=O)(=O)c2ccccc2O1. The summed E-state index contributed by atoms with van der Waals surface area (Å²) >= 11 is 0. The zero-order valence-electron chi connectivity index (χ0n) is 28.3. The zero-order chi connectivity index (χ0) is 35.0. The Labute approximate surface area is 280 Å². The van der Waals surface area contributed by atoms with Gasteiger partial charge in [-0.3, -0.25) is 4.79 Å². The fourth-order valence-electron chi connectivity index (χ4n) is 6.68. The summed E-state index contributed by atoms with van der Waals surface area (Å²) in [7, 11) is -3.91. The minimum absolute atomic E-state index is 0.0751. The number of alkyl halides is 3. The van der Waals surface area contributed by atoms with E-state index < -0.39 is 34.0 Å². The molecule has 0 aliphatic carbocycles. The summed E-state index contributed by atoms with van der Waals surface area (Å²) in [5, 5.41) is 8.68. The van der Waals surface area contributed by atoms with Crippen LogP contribution in [0, 0.1) is 19.3 Å².